The Morgan fingerprint density at radius 2 is 2.08 bits per heavy atom. The number of aromatic nitrogens is 2. The van der Waals surface area contributed by atoms with Gasteiger partial charge in [-0.25, -0.2) is 13.8 Å². The second-order valence-electron chi connectivity index (χ2n) is 6.27. The normalized spacial score (nSPS) is 18.2. The van der Waals surface area contributed by atoms with Crippen molar-refractivity contribution in [2.75, 3.05) is 13.2 Å². The zero-order valence-corrected chi connectivity index (χ0v) is 13.1. The number of alkyl halides is 2. The second-order valence-corrected chi connectivity index (χ2v) is 6.27. The first-order valence-corrected chi connectivity index (χ1v) is 7.79. The van der Waals surface area contributed by atoms with Crippen LogP contribution in [-0.4, -0.2) is 50.4 Å². The van der Waals surface area contributed by atoms with Crippen LogP contribution in [0.15, 0.2) is 18.2 Å². The van der Waals surface area contributed by atoms with Crippen molar-refractivity contribution in [3.63, 3.8) is 0 Å². The van der Waals surface area contributed by atoms with Gasteiger partial charge in [0, 0.05) is 18.7 Å². The first-order chi connectivity index (χ1) is 11.5. The number of carbonyl (C=O) groups is 2. The molecular weight excluding hydrogens is 318 g/mol. The summed E-state index contributed by atoms with van der Waals surface area (Å²) in [4.78, 5) is 31.7. The van der Waals surface area contributed by atoms with Gasteiger partial charge in [-0.2, -0.15) is 0 Å². The van der Waals surface area contributed by atoms with E-state index in [-0.39, 0.29) is 30.2 Å². The monoisotopic (exact) mass is 334 g/mol. The van der Waals surface area contributed by atoms with Gasteiger partial charge in [-0.3, -0.25) is 9.59 Å². The van der Waals surface area contributed by atoms with E-state index in [4.69, 9.17) is 0 Å². The topological polar surface area (TPSA) is 58.4 Å². The quantitative estimate of drug-likeness (QED) is 0.862. The summed E-state index contributed by atoms with van der Waals surface area (Å²) in [5, 5.41) is 0. The van der Waals surface area contributed by atoms with Crippen LogP contribution in [0.1, 0.15) is 35.4 Å². The van der Waals surface area contributed by atoms with Crippen LogP contribution in [0.25, 0.3) is 11.0 Å². The predicted octanol–water partition coefficient (Wildman–Crippen LogP) is 1.92. The van der Waals surface area contributed by atoms with Crippen LogP contribution >= 0.6 is 0 Å². The van der Waals surface area contributed by atoms with E-state index >= 15 is 0 Å². The van der Waals surface area contributed by atoms with Crippen LogP contribution in [0.3, 0.4) is 0 Å². The van der Waals surface area contributed by atoms with Crippen molar-refractivity contribution >= 4 is 22.8 Å². The summed E-state index contributed by atoms with van der Waals surface area (Å²) in [6.45, 7) is 0.364. The Morgan fingerprint density at radius 1 is 1.33 bits per heavy atom. The molecule has 1 saturated heterocycles. The highest BCUT2D eigenvalue weighted by atomic mass is 19.3. The fourth-order valence-corrected chi connectivity index (χ4v) is 3.14. The molecular formula is C16H16F2N4O2. The molecule has 1 saturated carbocycles. The highest BCUT2D eigenvalue weighted by Crippen LogP contribution is 2.30. The number of imidazole rings is 1. The van der Waals surface area contributed by atoms with Gasteiger partial charge >= 0.3 is 0 Å². The van der Waals surface area contributed by atoms with E-state index in [1.54, 1.807) is 17.0 Å². The Kier molecular flexibility index (Phi) is 3.29. The SMILES string of the molecule is Cn1c(C(F)F)nc2cc(C(=O)N3CC(=O)N(C4CC4)C3)ccc21. The van der Waals surface area contributed by atoms with Gasteiger partial charge in [0.2, 0.25) is 5.91 Å². The van der Waals surface area contributed by atoms with Crippen LogP contribution in [0, 0.1) is 0 Å². The lowest BCUT2D eigenvalue weighted by Gasteiger charge is -2.17. The molecule has 126 valence electrons. The van der Waals surface area contributed by atoms with Crippen molar-refractivity contribution in [2.24, 2.45) is 7.05 Å². The Balaban J connectivity index is 1.62. The first-order valence-electron chi connectivity index (χ1n) is 7.79. The molecule has 0 radical (unpaired) electrons. The minimum absolute atomic E-state index is 0.0373. The van der Waals surface area contributed by atoms with Crippen molar-refractivity contribution < 1.29 is 18.4 Å². The molecule has 2 aromatic rings. The lowest BCUT2D eigenvalue weighted by atomic mass is 10.2. The number of halogens is 2. The number of aryl methyl sites for hydroxylation is 1. The summed E-state index contributed by atoms with van der Waals surface area (Å²) in [6, 6.07) is 4.97. The Bertz CT molecular complexity index is 844. The number of rotatable bonds is 3. The maximum Gasteiger partial charge on any atom is 0.295 e. The summed E-state index contributed by atoms with van der Waals surface area (Å²) in [5.41, 5.74) is 1.24. The molecule has 0 spiro atoms. The molecule has 0 N–H and O–H groups in total. The lowest BCUT2D eigenvalue weighted by Crippen LogP contribution is -2.32. The van der Waals surface area contributed by atoms with E-state index in [9.17, 15) is 18.4 Å². The molecule has 0 unspecified atom stereocenters. The maximum absolute atomic E-state index is 12.9. The molecule has 2 heterocycles. The zero-order chi connectivity index (χ0) is 17.0. The third-order valence-electron chi connectivity index (χ3n) is 4.60. The molecule has 2 aliphatic rings. The van der Waals surface area contributed by atoms with Crippen molar-refractivity contribution in [1.82, 2.24) is 19.4 Å². The van der Waals surface area contributed by atoms with Crippen LogP contribution in [0.2, 0.25) is 0 Å². The van der Waals surface area contributed by atoms with E-state index in [0.717, 1.165) is 12.8 Å². The molecule has 8 heteroatoms. The number of hydrogen-bond acceptors (Lipinski definition) is 3. The van der Waals surface area contributed by atoms with Gasteiger partial charge in [-0.15, -0.1) is 0 Å². The molecule has 1 aliphatic heterocycles. The van der Waals surface area contributed by atoms with Gasteiger partial charge in [-0.1, -0.05) is 0 Å². The zero-order valence-electron chi connectivity index (χ0n) is 13.1. The minimum atomic E-state index is -2.68. The van der Waals surface area contributed by atoms with Crippen molar-refractivity contribution in [3.05, 3.63) is 29.6 Å². The molecule has 24 heavy (non-hydrogen) atoms. The number of benzene rings is 1. The van der Waals surface area contributed by atoms with E-state index in [2.05, 4.69) is 4.98 Å². The number of carbonyl (C=O) groups excluding carboxylic acids is 2. The van der Waals surface area contributed by atoms with Crippen LogP contribution in [-0.2, 0) is 11.8 Å². The van der Waals surface area contributed by atoms with E-state index in [0.29, 0.717) is 23.3 Å². The summed E-state index contributed by atoms with van der Waals surface area (Å²) in [7, 11) is 1.52. The molecule has 6 nitrogen and oxygen atoms in total. The molecule has 2 amide bonds. The largest absolute Gasteiger partial charge is 0.326 e. The second kappa shape index (κ2) is 5.25. The van der Waals surface area contributed by atoms with Crippen molar-refractivity contribution in [1.29, 1.82) is 0 Å². The van der Waals surface area contributed by atoms with Crippen molar-refractivity contribution in [2.45, 2.75) is 25.3 Å². The van der Waals surface area contributed by atoms with E-state index < -0.39 is 6.43 Å². The molecule has 0 atom stereocenters. The predicted molar refractivity (Wildman–Crippen MR) is 81.4 cm³/mol. The Morgan fingerprint density at radius 3 is 2.75 bits per heavy atom. The summed E-state index contributed by atoms with van der Waals surface area (Å²) in [5.74, 6) is -0.645. The van der Waals surface area contributed by atoms with Crippen LogP contribution < -0.4 is 0 Å². The van der Waals surface area contributed by atoms with Gasteiger partial charge in [0.25, 0.3) is 12.3 Å². The fraction of sp³-hybridized carbons (Fsp3) is 0.438. The lowest BCUT2D eigenvalue weighted by molar-refractivity contribution is -0.127. The highest BCUT2D eigenvalue weighted by Gasteiger charge is 2.40. The minimum Gasteiger partial charge on any atom is -0.326 e. The van der Waals surface area contributed by atoms with Crippen LogP contribution in [0.4, 0.5) is 8.78 Å². The van der Waals surface area contributed by atoms with Gasteiger partial charge < -0.3 is 14.4 Å². The van der Waals surface area contributed by atoms with E-state index in [1.807, 2.05) is 0 Å². The smallest absolute Gasteiger partial charge is 0.295 e. The number of amides is 2. The third-order valence-corrected chi connectivity index (χ3v) is 4.60. The molecule has 0 bridgehead atoms. The molecule has 1 aromatic carbocycles. The van der Waals surface area contributed by atoms with Gasteiger partial charge in [0.15, 0.2) is 5.82 Å². The highest BCUT2D eigenvalue weighted by molar-refractivity contribution is 6.00. The van der Waals surface area contributed by atoms with E-state index in [1.165, 1.54) is 22.6 Å². The molecule has 4 rings (SSSR count). The Hall–Kier alpha value is -2.51. The summed E-state index contributed by atoms with van der Waals surface area (Å²) < 4.78 is 27.2. The van der Waals surface area contributed by atoms with Crippen molar-refractivity contribution in [3.8, 4) is 0 Å². The standard InChI is InChI=1S/C16H16F2N4O2/c1-20-12-5-2-9(6-11(12)19-15(20)14(17)18)16(24)21-7-13(23)22(8-21)10-3-4-10/h2,5-6,10,14H,3-4,7-8H2,1H3. The summed E-state index contributed by atoms with van der Waals surface area (Å²) >= 11 is 0. The van der Waals surface area contributed by atoms with Crippen LogP contribution in [0.5, 0.6) is 0 Å². The van der Waals surface area contributed by atoms with Gasteiger partial charge in [-0.05, 0) is 31.0 Å². The summed E-state index contributed by atoms with van der Waals surface area (Å²) in [6.07, 6.45) is -0.696. The average molecular weight is 334 g/mol. The molecule has 1 aliphatic carbocycles. The third kappa shape index (κ3) is 2.33. The van der Waals surface area contributed by atoms with Gasteiger partial charge in [0.05, 0.1) is 17.7 Å². The first kappa shape index (κ1) is 15.0. The molecule has 1 aromatic heterocycles. The number of hydrogen-bond donors (Lipinski definition) is 0. The number of nitrogens with zero attached hydrogens (tertiary/aromatic N) is 4. The van der Waals surface area contributed by atoms with Gasteiger partial charge in [0.1, 0.15) is 6.54 Å². The Labute approximate surface area is 136 Å². The fourth-order valence-electron chi connectivity index (χ4n) is 3.14. The molecule has 2 fully saturated rings. The number of fused-ring (bicyclic) bond motifs is 1. The maximum atomic E-state index is 12.9. The average Bonchev–Trinajstić information content (AvgIpc) is 3.24.